The van der Waals surface area contributed by atoms with E-state index < -0.39 is 11.2 Å². The van der Waals surface area contributed by atoms with Gasteiger partial charge in [0, 0.05) is 0 Å². The Balaban J connectivity index is 1.70. The molecule has 0 radical (unpaired) electrons. The molecule has 0 spiro atoms. The van der Waals surface area contributed by atoms with Gasteiger partial charge in [0.2, 0.25) is 0 Å². The third-order valence-electron chi connectivity index (χ3n) is 7.00. The number of nitrogens with zero attached hydrogens (tertiary/aromatic N) is 1. The van der Waals surface area contributed by atoms with Gasteiger partial charge in [0.25, 0.3) is 0 Å². The second kappa shape index (κ2) is 8.60. The molecule has 0 aromatic heterocycles. The SMILES string of the molecule is CCN1[C@H](C(O)(c2ccccc2)c2ccccc2)[C@H]1C(O)(c1ccccc1)c1ccccc1. The second-order valence-electron chi connectivity index (χ2n) is 8.72. The largest absolute Gasteiger partial charge is 0.379 e. The van der Waals surface area contributed by atoms with E-state index >= 15 is 0 Å². The van der Waals surface area contributed by atoms with Crippen LogP contribution >= 0.6 is 0 Å². The van der Waals surface area contributed by atoms with E-state index in [-0.39, 0.29) is 12.1 Å². The first-order valence-corrected chi connectivity index (χ1v) is 11.5. The lowest BCUT2D eigenvalue weighted by Crippen LogP contribution is -2.41. The van der Waals surface area contributed by atoms with Gasteiger partial charge in [-0.25, -0.2) is 0 Å². The quantitative estimate of drug-likeness (QED) is 0.405. The summed E-state index contributed by atoms with van der Waals surface area (Å²) in [6.45, 7) is 2.79. The zero-order valence-corrected chi connectivity index (χ0v) is 18.8. The molecule has 5 rings (SSSR count). The Bertz CT molecular complexity index is 1010. The zero-order valence-electron chi connectivity index (χ0n) is 18.8. The van der Waals surface area contributed by atoms with Crippen molar-refractivity contribution in [1.29, 1.82) is 0 Å². The van der Waals surface area contributed by atoms with E-state index in [9.17, 15) is 10.2 Å². The fourth-order valence-corrected chi connectivity index (χ4v) is 5.39. The van der Waals surface area contributed by atoms with Crippen molar-refractivity contribution >= 4 is 0 Å². The van der Waals surface area contributed by atoms with Gasteiger partial charge < -0.3 is 10.2 Å². The highest BCUT2D eigenvalue weighted by atomic mass is 16.3. The van der Waals surface area contributed by atoms with Gasteiger partial charge in [0.1, 0.15) is 11.2 Å². The predicted octanol–water partition coefficient (Wildman–Crippen LogP) is 4.93. The first kappa shape index (κ1) is 21.6. The Kier molecular flexibility index (Phi) is 5.63. The smallest absolute Gasteiger partial charge is 0.132 e. The lowest BCUT2D eigenvalue weighted by molar-refractivity contribution is 0.0439. The molecule has 0 unspecified atom stereocenters. The van der Waals surface area contributed by atoms with Crippen LogP contribution in [0, 0.1) is 0 Å². The average Bonchev–Trinajstić information content (AvgIpc) is 3.65. The third-order valence-corrected chi connectivity index (χ3v) is 7.00. The zero-order chi connectivity index (χ0) is 22.9. The van der Waals surface area contributed by atoms with E-state index in [1.54, 1.807) is 0 Å². The molecule has 2 N–H and O–H groups in total. The highest BCUT2D eigenvalue weighted by Crippen LogP contribution is 2.54. The van der Waals surface area contributed by atoms with Crippen molar-refractivity contribution in [2.75, 3.05) is 6.54 Å². The molecule has 33 heavy (non-hydrogen) atoms. The Morgan fingerprint density at radius 1 is 0.515 bits per heavy atom. The summed E-state index contributed by atoms with van der Waals surface area (Å²) in [5.74, 6) is 0. The van der Waals surface area contributed by atoms with E-state index in [0.717, 1.165) is 22.3 Å². The van der Waals surface area contributed by atoms with Crippen molar-refractivity contribution in [1.82, 2.24) is 4.90 Å². The monoisotopic (exact) mass is 435 g/mol. The number of benzene rings is 4. The number of hydrogen-bond donors (Lipinski definition) is 2. The Morgan fingerprint density at radius 2 is 0.758 bits per heavy atom. The summed E-state index contributed by atoms with van der Waals surface area (Å²) in [4.78, 5) is 2.21. The van der Waals surface area contributed by atoms with E-state index in [0.29, 0.717) is 6.54 Å². The molecule has 3 nitrogen and oxygen atoms in total. The molecule has 0 saturated carbocycles. The fourth-order valence-electron chi connectivity index (χ4n) is 5.39. The van der Waals surface area contributed by atoms with E-state index in [4.69, 9.17) is 0 Å². The highest BCUT2D eigenvalue weighted by Gasteiger charge is 2.67. The molecule has 4 aromatic rings. The fraction of sp³-hybridized carbons (Fsp3) is 0.200. The van der Waals surface area contributed by atoms with Crippen molar-refractivity contribution < 1.29 is 10.2 Å². The number of hydrogen-bond acceptors (Lipinski definition) is 3. The standard InChI is InChI=1S/C30H29NO2/c1-2-31-27(29(32,23-15-7-3-8-16-23)24-17-9-4-10-18-24)28(31)30(33,25-19-11-5-12-20-25)26-21-13-6-14-22-26/h3-22,27-28,32-33H,2H2,1H3/t27-,28-/m0/s1. The minimum atomic E-state index is -1.28. The van der Waals surface area contributed by atoms with Crippen molar-refractivity contribution in [3.05, 3.63) is 144 Å². The van der Waals surface area contributed by atoms with Crippen LogP contribution < -0.4 is 0 Å². The molecular formula is C30H29NO2. The third kappa shape index (κ3) is 3.50. The predicted molar refractivity (Wildman–Crippen MR) is 132 cm³/mol. The van der Waals surface area contributed by atoms with Crippen LogP contribution in [-0.2, 0) is 11.2 Å². The molecule has 0 amide bonds. The molecule has 1 saturated heterocycles. The molecule has 4 aromatic carbocycles. The van der Waals surface area contributed by atoms with Crippen LogP contribution in [-0.4, -0.2) is 33.7 Å². The Hall–Kier alpha value is -3.24. The molecule has 0 bridgehead atoms. The Morgan fingerprint density at radius 3 is 0.970 bits per heavy atom. The minimum absolute atomic E-state index is 0.308. The second-order valence-corrected chi connectivity index (χ2v) is 8.72. The first-order valence-electron chi connectivity index (χ1n) is 11.5. The topological polar surface area (TPSA) is 43.5 Å². The maximum absolute atomic E-state index is 12.5. The summed E-state index contributed by atoms with van der Waals surface area (Å²) in [6.07, 6.45) is 0. The van der Waals surface area contributed by atoms with Gasteiger partial charge in [0.05, 0.1) is 12.1 Å². The van der Waals surface area contributed by atoms with Gasteiger partial charge in [-0.05, 0) is 28.8 Å². The van der Waals surface area contributed by atoms with Gasteiger partial charge in [-0.1, -0.05) is 128 Å². The van der Waals surface area contributed by atoms with Crippen LogP contribution in [0.3, 0.4) is 0 Å². The van der Waals surface area contributed by atoms with Crippen LogP contribution in [0.4, 0.5) is 0 Å². The van der Waals surface area contributed by atoms with Crippen molar-refractivity contribution in [2.45, 2.75) is 30.2 Å². The van der Waals surface area contributed by atoms with Crippen LogP contribution in [0.5, 0.6) is 0 Å². The van der Waals surface area contributed by atoms with Crippen molar-refractivity contribution in [3.63, 3.8) is 0 Å². The molecule has 1 aliphatic rings. The normalized spacial score (nSPS) is 20.4. The summed E-state index contributed by atoms with van der Waals surface area (Å²) < 4.78 is 0. The lowest BCUT2D eigenvalue weighted by atomic mass is 9.76. The van der Waals surface area contributed by atoms with Crippen molar-refractivity contribution in [3.8, 4) is 0 Å². The number of aliphatic hydroxyl groups is 2. The average molecular weight is 436 g/mol. The summed E-state index contributed by atoms with van der Waals surface area (Å²) in [5.41, 5.74) is 0.745. The van der Waals surface area contributed by atoms with Gasteiger partial charge in [-0.2, -0.15) is 0 Å². The molecule has 1 fully saturated rings. The van der Waals surface area contributed by atoms with Gasteiger partial charge in [-0.15, -0.1) is 0 Å². The van der Waals surface area contributed by atoms with E-state index in [1.807, 2.05) is 121 Å². The molecule has 166 valence electrons. The maximum atomic E-state index is 12.5. The van der Waals surface area contributed by atoms with Crippen LogP contribution in [0.2, 0.25) is 0 Å². The Labute approximate surface area is 195 Å². The summed E-state index contributed by atoms with van der Waals surface area (Å²) in [5, 5.41) is 24.9. The van der Waals surface area contributed by atoms with Gasteiger partial charge in [0.15, 0.2) is 0 Å². The molecule has 0 aliphatic carbocycles. The molecule has 1 aliphatic heterocycles. The van der Waals surface area contributed by atoms with Crippen LogP contribution in [0.1, 0.15) is 29.2 Å². The van der Waals surface area contributed by atoms with E-state index in [2.05, 4.69) is 11.8 Å². The van der Waals surface area contributed by atoms with Gasteiger partial charge >= 0.3 is 0 Å². The van der Waals surface area contributed by atoms with Crippen molar-refractivity contribution in [2.24, 2.45) is 0 Å². The highest BCUT2D eigenvalue weighted by molar-refractivity contribution is 5.48. The van der Waals surface area contributed by atoms with Crippen LogP contribution in [0.15, 0.2) is 121 Å². The molecule has 2 atom stereocenters. The number of likely N-dealkylation sites (N-methyl/N-ethyl adjacent to an activating group) is 1. The summed E-state index contributed by atoms with van der Waals surface area (Å²) in [7, 11) is 0. The summed E-state index contributed by atoms with van der Waals surface area (Å²) in [6, 6.07) is 38.6. The lowest BCUT2D eigenvalue weighted by Gasteiger charge is -2.33. The first-order chi connectivity index (χ1) is 16.1. The van der Waals surface area contributed by atoms with E-state index in [1.165, 1.54) is 0 Å². The molecular weight excluding hydrogens is 406 g/mol. The summed E-state index contributed by atoms with van der Waals surface area (Å²) >= 11 is 0. The minimum Gasteiger partial charge on any atom is -0.379 e. The molecule has 3 heteroatoms. The van der Waals surface area contributed by atoms with Gasteiger partial charge in [-0.3, -0.25) is 4.90 Å². The maximum Gasteiger partial charge on any atom is 0.132 e. The molecule has 1 heterocycles. The number of rotatable bonds is 7. The van der Waals surface area contributed by atoms with Crippen LogP contribution in [0.25, 0.3) is 0 Å².